The van der Waals surface area contributed by atoms with Gasteiger partial charge in [0.15, 0.2) is 0 Å². The van der Waals surface area contributed by atoms with E-state index in [2.05, 4.69) is 71.6 Å². The Labute approximate surface area is 129 Å². The Morgan fingerprint density at radius 2 is 1.70 bits per heavy atom. The average molecular weight is 336 g/mol. The van der Waals surface area contributed by atoms with Gasteiger partial charge in [0.05, 0.1) is 12.2 Å². The van der Waals surface area contributed by atoms with E-state index in [1.165, 1.54) is 27.8 Å². The van der Waals surface area contributed by atoms with Crippen molar-refractivity contribution in [3.63, 3.8) is 0 Å². The van der Waals surface area contributed by atoms with Gasteiger partial charge < -0.3 is 9.88 Å². The van der Waals surface area contributed by atoms with Crippen LogP contribution in [0, 0.1) is 27.7 Å². The number of rotatable bonds is 3. The van der Waals surface area contributed by atoms with E-state index in [-0.39, 0.29) is 0 Å². The Bertz CT molecular complexity index is 630. The van der Waals surface area contributed by atoms with E-state index in [1.807, 2.05) is 7.05 Å². The molecule has 0 fully saturated rings. The molecule has 0 saturated heterocycles. The number of aryl methyl sites for hydroxylation is 2. The SMILES string of the molecule is CNCc1nc(Br)c(-c2c(C)c(C)cc(C)c2C)n1C. The van der Waals surface area contributed by atoms with Gasteiger partial charge >= 0.3 is 0 Å². The van der Waals surface area contributed by atoms with Gasteiger partial charge in [-0.2, -0.15) is 0 Å². The van der Waals surface area contributed by atoms with Crippen molar-refractivity contribution in [3.05, 3.63) is 38.7 Å². The average Bonchev–Trinajstić information content (AvgIpc) is 2.65. The van der Waals surface area contributed by atoms with Crippen LogP contribution in [0.2, 0.25) is 0 Å². The van der Waals surface area contributed by atoms with E-state index >= 15 is 0 Å². The first-order chi connectivity index (χ1) is 9.38. The highest BCUT2D eigenvalue weighted by molar-refractivity contribution is 9.10. The zero-order valence-electron chi connectivity index (χ0n) is 13.1. The van der Waals surface area contributed by atoms with Gasteiger partial charge in [-0.25, -0.2) is 4.98 Å². The van der Waals surface area contributed by atoms with Gasteiger partial charge in [0.25, 0.3) is 0 Å². The van der Waals surface area contributed by atoms with Crippen molar-refractivity contribution in [2.75, 3.05) is 7.05 Å². The quantitative estimate of drug-likeness (QED) is 0.924. The van der Waals surface area contributed by atoms with Crippen LogP contribution in [0.1, 0.15) is 28.1 Å². The summed E-state index contributed by atoms with van der Waals surface area (Å²) in [7, 11) is 4.02. The first-order valence-electron chi connectivity index (χ1n) is 6.82. The van der Waals surface area contributed by atoms with Crippen molar-refractivity contribution in [1.29, 1.82) is 0 Å². The van der Waals surface area contributed by atoms with E-state index in [9.17, 15) is 0 Å². The minimum Gasteiger partial charge on any atom is -0.329 e. The fourth-order valence-corrected chi connectivity index (χ4v) is 3.34. The molecule has 0 aliphatic heterocycles. The molecule has 2 aromatic rings. The molecule has 1 N–H and O–H groups in total. The van der Waals surface area contributed by atoms with Gasteiger partial charge in [0.1, 0.15) is 10.4 Å². The van der Waals surface area contributed by atoms with Gasteiger partial charge in [-0.15, -0.1) is 0 Å². The summed E-state index contributed by atoms with van der Waals surface area (Å²) in [4.78, 5) is 4.63. The minimum absolute atomic E-state index is 0.762. The maximum atomic E-state index is 4.63. The van der Waals surface area contributed by atoms with Crippen LogP contribution in [0.5, 0.6) is 0 Å². The molecule has 1 aromatic heterocycles. The lowest BCUT2D eigenvalue weighted by Gasteiger charge is -2.16. The van der Waals surface area contributed by atoms with Crippen molar-refractivity contribution in [2.24, 2.45) is 7.05 Å². The van der Waals surface area contributed by atoms with Gasteiger partial charge in [0, 0.05) is 12.6 Å². The van der Waals surface area contributed by atoms with Crippen LogP contribution in [-0.2, 0) is 13.6 Å². The molecule has 0 saturated carbocycles. The molecule has 2 rings (SSSR count). The minimum atomic E-state index is 0.762. The maximum Gasteiger partial charge on any atom is 0.132 e. The molecule has 0 radical (unpaired) electrons. The standard InChI is InChI=1S/C16H22BrN3/c1-9-7-10(2)12(4)14(11(9)3)15-16(17)19-13(8-18-5)20(15)6/h7,18H,8H2,1-6H3. The van der Waals surface area contributed by atoms with Gasteiger partial charge in [-0.1, -0.05) is 6.07 Å². The molecule has 0 atom stereocenters. The lowest BCUT2D eigenvalue weighted by atomic mass is 9.92. The van der Waals surface area contributed by atoms with Gasteiger partial charge in [0.2, 0.25) is 0 Å². The summed E-state index contributed by atoms with van der Waals surface area (Å²) in [6.45, 7) is 9.48. The maximum absolute atomic E-state index is 4.63. The first-order valence-corrected chi connectivity index (χ1v) is 7.61. The Balaban J connectivity index is 2.75. The predicted molar refractivity (Wildman–Crippen MR) is 88.1 cm³/mol. The molecule has 0 aliphatic rings. The van der Waals surface area contributed by atoms with Crippen molar-refractivity contribution in [2.45, 2.75) is 34.2 Å². The summed E-state index contributed by atoms with van der Waals surface area (Å²) in [5, 5.41) is 3.16. The largest absolute Gasteiger partial charge is 0.329 e. The number of hydrogen-bond donors (Lipinski definition) is 1. The lowest BCUT2D eigenvalue weighted by Crippen LogP contribution is -2.11. The lowest BCUT2D eigenvalue weighted by molar-refractivity contribution is 0.711. The van der Waals surface area contributed by atoms with Crippen molar-refractivity contribution in [1.82, 2.24) is 14.9 Å². The predicted octanol–water partition coefficient (Wildman–Crippen LogP) is 3.80. The van der Waals surface area contributed by atoms with Gasteiger partial charge in [-0.3, -0.25) is 0 Å². The zero-order chi connectivity index (χ0) is 15.0. The molecule has 108 valence electrons. The van der Waals surface area contributed by atoms with Crippen LogP contribution in [0.3, 0.4) is 0 Å². The molecule has 0 unspecified atom stereocenters. The monoisotopic (exact) mass is 335 g/mol. The highest BCUT2D eigenvalue weighted by atomic mass is 79.9. The smallest absolute Gasteiger partial charge is 0.132 e. The summed E-state index contributed by atoms with van der Waals surface area (Å²) < 4.78 is 3.09. The summed E-state index contributed by atoms with van der Waals surface area (Å²) >= 11 is 3.63. The number of nitrogens with one attached hydrogen (secondary N) is 1. The number of nitrogens with zero attached hydrogens (tertiary/aromatic N) is 2. The fourth-order valence-electron chi connectivity index (χ4n) is 2.67. The van der Waals surface area contributed by atoms with E-state index in [0.717, 1.165) is 22.7 Å². The highest BCUT2D eigenvalue weighted by Crippen LogP contribution is 2.36. The highest BCUT2D eigenvalue weighted by Gasteiger charge is 2.19. The van der Waals surface area contributed by atoms with Crippen LogP contribution >= 0.6 is 15.9 Å². The van der Waals surface area contributed by atoms with Crippen molar-refractivity contribution < 1.29 is 0 Å². The molecule has 1 aromatic carbocycles. The van der Waals surface area contributed by atoms with Crippen LogP contribution in [0.4, 0.5) is 0 Å². The molecule has 0 aliphatic carbocycles. The molecule has 20 heavy (non-hydrogen) atoms. The third-order valence-electron chi connectivity index (χ3n) is 4.08. The number of imidazole rings is 1. The van der Waals surface area contributed by atoms with Crippen LogP contribution in [0.25, 0.3) is 11.3 Å². The molecule has 0 bridgehead atoms. The van der Waals surface area contributed by atoms with Crippen LogP contribution < -0.4 is 5.32 Å². The Morgan fingerprint density at radius 3 is 2.20 bits per heavy atom. The Morgan fingerprint density at radius 1 is 1.15 bits per heavy atom. The van der Waals surface area contributed by atoms with Crippen LogP contribution in [0.15, 0.2) is 10.7 Å². The first kappa shape index (κ1) is 15.3. The summed E-state index contributed by atoms with van der Waals surface area (Å²) in [5.41, 5.74) is 7.77. The van der Waals surface area contributed by atoms with Gasteiger partial charge in [-0.05, 0) is 72.9 Å². The van der Waals surface area contributed by atoms with Crippen molar-refractivity contribution in [3.8, 4) is 11.3 Å². The van der Waals surface area contributed by atoms with E-state index < -0.39 is 0 Å². The number of aromatic nitrogens is 2. The second kappa shape index (κ2) is 5.70. The fraction of sp³-hybridized carbons (Fsp3) is 0.438. The van der Waals surface area contributed by atoms with E-state index in [4.69, 9.17) is 0 Å². The molecule has 0 amide bonds. The third kappa shape index (κ3) is 2.42. The second-order valence-corrected chi connectivity index (χ2v) is 6.14. The summed E-state index contributed by atoms with van der Waals surface area (Å²) in [5.74, 6) is 1.03. The topological polar surface area (TPSA) is 29.9 Å². The summed E-state index contributed by atoms with van der Waals surface area (Å²) in [6, 6.07) is 2.26. The Kier molecular flexibility index (Phi) is 4.35. The zero-order valence-corrected chi connectivity index (χ0v) is 14.6. The number of halogens is 1. The molecule has 4 heteroatoms. The molecule has 1 heterocycles. The summed E-state index contributed by atoms with van der Waals surface area (Å²) in [6.07, 6.45) is 0. The number of benzene rings is 1. The molecule has 0 spiro atoms. The molecule has 3 nitrogen and oxygen atoms in total. The van der Waals surface area contributed by atoms with E-state index in [0.29, 0.717) is 0 Å². The molecular weight excluding hydrogens is 314 g/mol. The third-order valence-corrected chi connectivity index (χ3v) is 4.64. The van der Waals surface area contributed by atoms with E-state index in [1.54, 1.807) is 0 Å². The normalized spacial score (nSPS) is 11.2. The Hall–Kier alpha value is -1.13. The second-order valence-electron chi connectivity index (χ2n) is 5.39. The van der Waals surface area contributed by atoms with Crippen LogP contribution in [-0.4, -0.2) is 16.6 Å². The van der Waals surface area contributed by atoms with Crippen molar-refractivity contribution >= 4 is 15.9 Å². The molecular formula is C16H22BrN3. The number of hydrogen-bond acceptors (Lipinski definition) is 2.